The fourth-order valence-corrected chi connectivity index (χ4v) is 2.31. The molecule has 0 aliphatic heterocycles. The molecule has 2 heterocycles. The summed E-state index contributed by atoms with van der Waals surface area (Å²) < 4.78 is 2.90. The van der Waals surface area contributed by atoms with Crippen LogP contribution in [0.2, 0.25) is 0 Å². The highest BCUT2D eigenvalue weighted by molar-refractivity contribution is 9.10. The molecule has 1 aliphatic carbocycles. The first kappa shape index (κ1) is 12.6. The van der Waals surface area contributed by atoms with Crippen molar-refractivity contribution in [3.05, 3.63) is 27.8 Å². The van der Waals surface area contributed by atoms with Gasteiger partial charge in [0.15, 0.2) is 5.82 Å². The van der Waals surface area contributed by atoms with Crippen LogP contribution < -0.4 is 5.32 Å². The molecule has 1 fully saturated rings. The molecule has 0 saturated heterocycles. The average molecular weight is 322 g/mol. The van der Waals surface area contributed by atoms with Crippen LogP contribution in [0.15, 0.2) is 10.5 Å². The highest BCUT2D eigenvalue weighted by atomic mass is 79.9. The minimum absolute atomic E-state index is 0.521. The number of hydrogen-bond acceptors (Lipinski definition) is 4. The molecule has 1 N–H and O–H groups in total. The van der Waals surface area contributed by atoms with E-state index in [-0.39, 0.29) is 0 Å². The second kappa shape index (κ2) is 4.59. The van der Waals surface area contributed by atoms with Crippen LogP contribution in [0.4, 0.5) is 5.82 Å². The molecular weight excluding hydrogens is 306 g/mol. The standard InChI is InChI=1S/C13H16BrN5/c1-7-12(14)8(2)19(18-7)11-6-10(15-3)16-13(17-11)9-4-5-9/h6,9H,4-5H2,1-3H3,(H,15,16,17). The summed E-state index contributed by atoms with van der Waals surface area (Å²) in [5, 5.41) is 7.63. The lowest BCUT2D eigenvalue weighted by Crippen LogP contribution is -2.07. The lowest BCUT2D eigenvalue weighted by atomic mass is 10.3. The van der Waals surface area contributed by atoms with Crippen LogP contribution >= 0.6 is 15.9 Å². The number of hydrogen-bond donors (Lipinski definition) is 1. The summed E-state index contributed by atoms with van der Waals surface area (Å²) >= 11 is 3.55. The van der Waals surface area contributed by atoms with Gasteiger partial charge in [0, 0.05) is 19.0 Å². The predicted octanol–water partition coefficient (Wildman–Crippen LogP) is 2.96. The summed E-state index contributed by atoms with van der Waals surface area (Å²) in [5.74, 6) is 3.11. The second-order valence-electron chi connectivity index (χ2n) is 4.89. The first-order valence-corrected chi connectivity index (χ1v) is 7.18. The van der Waals surface area contributed by atoms with E-state index in [0.29, 0.717) is 5.92 Å². The van der Waals surface area contributed by atoms with E-state index in [1.807, 2.05) is 31.6 Å². The lowest BCUT2D eigenvalue weighted by Gasteiger charge is -2.08. The number of aryl methyl sites for hydroxylation is 1. The Bertz CT molecular complexity index is 630. The molecule has 0 amide bonds. The Morgan fingerprint density at radius 1 is 1.32 bits per heavy atom. The highest BCUT2D eigenvalue weighted by Gasteiger charge is 2.27. The zero-order valence-corrected chi connectivity index (χ0v) is 12.8. The summed E-state index contributed by atoms with van der Waals surface area (Å²) in [4.78, 5) is 9.18. The normalized spacial score (nSPS) is 14.7. The number of nitrogens with zero attached hydrogens (tertiary/aromatic N) is 4. The van der Waals surface area contributed by atoms with E-state index in [9.17, 15) is 0 Å². The molecule has 0 aromatic carbocycles. The van der Waals surface area contributed by atoms with E-state index >= 15 is 0 Å². The van der Waals surface area contributed by atoms with E-state index in [4.69, 9.17) is 0 Å². The van der Waals surface area contributed by atoms with E-state index in [1.165, 1.54) is 12.8 Å². The van der Waals surface area contributed by atoms with Crippen LogP contribution in [0.1, 0.15) is 36.0 Å². The zero-order chi connectivity index (χ0) is 13.6. The number of rotatable bonds is 3. The van der Waals surface area contributed by atoms with Crippen molar-refractivity contribution in [1.29, 1.82) is 0 Å². The molecule has 2 aromatic heterocycles. The van der Waals surface area contributed by atoms with E-state index in [2.05, 4.69) is 36.3 Å². The molecule has 5 nitrogen and oxygen atoms in total. The van der Waals surface area contributed by atoms with Gasteiger partial charge < -0.3 is 5.32 Å². The van der Waals surface area contributed by atoms with Crippen LogP contribution in [0, 0.1) is 13.8 Å². The quantitative estimate of drug-likeness (QED) is 0.944. The van der Waals surface area contributed by atoms with Crippen LogP contribution in [0.3, 0.4) is 0 Å². The summed E-state index contributed by atoms with van der Waals surface area (Å²) in [6, 6.07) is 1.93. The fourth-order valence-electron chi connectivity index (χ4n) is 2.06. The minimum atomic E-state index is 0.521. The SMILES string of the molecule is CNc1cc(-n2nc(C)c(Br)c2C)nc(C2CC2)n1. The molecule has 3 rings (SSSR count). The molecule has 100 valence electrons. The topological polar surface area (TPSA) is 55.6 Å². The van der Waals surface area contributed by atoms with Gasteiger partial charge in [-0.15, -0.1) is 0 Å². The monoisotopic (exact) mass is 321 g/mol. The third-order valence-corrected chi connectivity index (χ3v) is 4.50. The molecule has 0 atom stereocenters. The van der Waals surface area contributed by atoms with Crippen LogP contribution in [-0.2, 0) is 0 Å². The van der Waals surface area contributed by atoms with E-state index < -0.39 is 0 Å². The first-order valence-electron chi connectivity index (χ1n) is 6.39. The summed E-state index contributed by atoms with van der Waals surface area (Å²) in [6.45, 7) is 4.01. The third-order valence-electron chi connectivity index (χ3n) is 3.35. The summed E-state index contributed by atoms with van der Waals surface area (Å²) in [5.41, 5.74) is 2.02. The van der Waals surface area contributed by atoms with Gasteiger partial charge in [0.05, 0.1) is 15.9 Å². The Kier molecular flexibility index (Phi) is 3.05. The van der Waals surface area contributed by atoms with Gasteiger partial charge in [-0.25, -0.2) is 14.6 Å². The van der Waals surface area contributed by atoms with E-state index in [0.717, 1.165) is 33.3 Å². The van der Waals surface area contributed by atoms with Gasteiger partial charge in [-0.05, 0) is 42.6 Å². The van der Waals surface area contributed by atoms with Crippen molar-refractivity contribution in [2.75, 3.05) is 12.4 Å². The van der Waals surface area contributed by atoms with Gasteiger partial charge in [-0.3, -0.25) is 0 Å². The van der Waals surface area contributed by atoms with Crippen molar-refractivity contribution < 1.29 is 0 Å². The van der Waals surface area contributed by atoms with Crippen molar-refractivity contribution in [3.8, 4) is 5.82 Å². The van der Waals surface area contributed by atoms with E-state index in [1.54, 1.807) is 0 Å². The number of aromatic nitrogens is 4. The van der Waals surface area contributed by atoms with Crippen molar-refractivity contribution in [1.82, 2.24) is 19.7 Å². The van der Waals surface area contributed by atoms with Crippen molar-refractivity contribution in [2.24, 2.45) is 0 Å². The molecule has 2 aromatic rings. The molecular formula is C13H16BrN5. The van der Waals surface area contributed by atoms with Crippen molar-refractivity contribution in [2.45, 2.75) is 32.6 Å². The Hall–Kier alpha value is -1.43. The van der Waals surface area contributed by atoms with Crippen LogP contribution in [-0.4, -0.2) is 26.8 Å². The van der Waals surface area contributed by atoms with Crippen LogP contribution in [0.5, 0.6) is 0 Å². The third kappa shape index (κ3) is 2.25. The molecule has 0 spiro atoms. The smallest absolute Gasteiger partial charge is 0.159 e. The van der Waals surface area contributed by atoms with Crippen molar-refractivity contribution in [3.63, 3.8) is 0 Å². The number of anilines is 1. The largest absolute Gasteiger partial charge is 0.373 e. The average Bonchev–Trinajstić information content (AvgIpc) is 3.23. The maximum atomic E-state index is 4.66. The molecule has 1 saturated carbocycles. The minimum Gasteiger partial charge on any atom is -0.373 e. The van der Waals surface area contributed by atoms with Crippen molar-refractivity contribution >= 4 is 21.7 Å². The molecule has 0 bridgehead atoms. The van der Waals surface area contributed by atoms with Gasteiger partial charge >= 0.3 is 0 Å². The Balaban J connectivity index is 2.12. The van der Waals surface area contributed by atoms with Gasteiger partial charge in [0.25, 0.3) is 0 Å². The Morgan fingerprint density at radius 2 is 2.05 bits per heavy atom. The van der Waals surface area contributed by atoms with Gasteiger partial charge in [0.2, 0.25) is 0 Å². The maximum absolute atomic E-state index is 4.66. The molecule has 0 radical (unpaired) electrons. The van der Waals surface area contributed by atoms with Gasteiger partial charge in [-0.1, -0.05) is 0 Å². The first-order chi connectivity index (χ1) is 9.10. The molecule has 6 heteroatoms. The number of halogens is 1. The Labute approximate surface area is 120 Å². The molecule has 1 aliphatic rings. The second-order valence-corrected chi connectivity index (χ2v) is 5.68. The lowest BCUT2D eigenvalue weighted by molar-refractivity contribution is 0.781. The maximum Gasteiger partial charge on any atom is 0.159 e. The van der Waals surface area contributed by atoms with Gasteiger partial charge in [-0.2, -0.15) is 5.10 Å². The molecule has 0 unspecified atom stereocenters. The summed E-state index contributed by atoms with van der Waals surface area (Å²) in [6.07, 6.45) is 2.38. The predicted molar refractivity (Wildman–Crippen MR) is 77.8 cm³/mol. The van der Waals surface area contributed by atoms with Gasteiger partial charge in [0.1, 0.15) is 11.6 Å². The fraction of sp³-hybridized carbons (Fsp3) is 0.462. The highest BCUT2D eigenvalue weighted by Crippen LogP contribution is 2.38. The number of nitrogens with one attached hydrogen (secondary N) is 1. The Morgan fingerprint density at radius 3 is 2.58 bits per heavy atom. The summed E-state index contributed by atoms with van der Waals surface area (Å²) in [7, 11) is 1.87. The van der Waals surface area contributed by atoms with Crippen LogP contribution in [0.25, 0.3) is 5.82 Å². The molecule has 19 heavy (non-hydrogen) atoms. The zero-order valence-electron chi connectivity index (χ0n) is 11.2.